The molecule has 21 heavy (non-hydrogen) atoms. The van der Waals surface area contributed by atoms with Crippen molar-refractivity contribution in [2.75, 3.05) is 6.61 Å². The Labute approximate surface area is 124 Å². The molecule has 1 aliphatic rings. The van der Waals surface area contributed by atoms with Crippen molar-refractivity contribution in [2.45, 2.75) is 45.5 Å². The second-order valence-electron chi connectivity index (χ2n) is 5.48. The lowest BCUT2D eigenvalue weighted by Crippen LogP contribution is -2.31. The molecule has 2 aromatic rings. The first-order valence-electron chi connectivity index (χ1n) is 7.41. The molecule has 0 aliphatic carbocycles. The van der Waals surface area contributed by atoms with Gasteiger partial charge in [0.15, 0.2) is 0 Å². The van der Waals surface area contributed by atoms with Gasteiger partial charge >= 0.3 is 0 Å². The van der Waals surface area contributed by atoms with Crippen LogP contribution in [-0.2, 0) is 24.9 Å². The second-order valence-corrected chi connectivity index (χ2v) is 5.48. The largest absolute Gasteiger partial charge is 0.372 e. The summed E-state index contributed by atoms with van der Waals surface area (Å²) in [4.78, 5) is 0. The van der Waals surface area contributed by atoms with Crippen LogP contribution in [0.4, 0.5) is 0 Å². The quantitative estimate of drug-likeness (QED) is 0.888. The highest BCUT2D eigenvalue weighted by Crippen LogP contribution is 2.30. The molecule has 7 heteroatoms. The van der Waals surface area contributed by atoms with Crippen LogP contribution in [0.15, 0.2) is 12.4 Å². The molecule has 114 valence electrons. The molecular weight excluding hydrogens is 268 g/mol. The minimum atomic E-state index is 0.0694. The van der Waals surface area contributed by atoms with Gasteiger partial charge in [-0.3, -0.25) is 9.36 Å². The summed E-state index contributed by atoms with van der Waals surface area (Å²) in [5.41, 5.74) is 3.17. The average molecular weight is 290 g/mol. The minimum Gasteiger partial charge on any atom is -0.372 e. The number of hydrogen-bond donors (Lipinski definition) is 1. The van der Waals surface area contributed by atoms with E-state index in [0.717, 1.165) is 31.0 Å². The lowest BCUT2D eigenvalue weighted by molar-refractivity contribution is 0.0979. The summed E-state index contributed by atoms with van der Waals surface area (Å²) in [7, 11) is 1.94. The predicted octanol–water partition coefficient (Wildman–Crippen LogP) is 0.960. The van der Waals surface area contributed by atoms with E-state index in [0.29, 0.717) is 12.6 Å². The maximum absolute atomic E-state index is 5.90. The third-order valence-corrected chi connectivity index (χ3v) is 3.91. The van der Waals surface area contributed by atoms with Crippen LogP contribution < -0.4 is 5.32 Å². The van der Waals surface area contributed by atoms with Crippen molar-refractivity contribution in [3.05, 3.63) is 29.3 Å². The maximum Gasteiger partial charge on any atom is 0.101 e. The summed E-state index contributed by atoms with van der Waals surface area (Å²) in [6.07, 6.45) is 5.10. The Hall–Kier alpha value is -1.73. The molecule has 0 amide bonds. The Morgan fingerprint density at radius 2 is 2.29 bits per heavy atom. The molecule has 7 nitrogen and oxygen atoms in total. The highest BCUT2D eigenvalue weighted by molar-refractivity contribution is 5.21. The van der Waals surface area contributed by atoms with Gasteiger partial charge in [-0.25, -0.2) is 0 Å². The fourth-order valence-electron chi connectivity index (χ4n) is 2.81. The van der Waals surface area contributed by atoms with Crippen LogP contribution in [-0.4, -0.2) is 37.4 Å². The smallest absolute Gasteiger partial charge is 0.101 e. The second kappa shape index (κ2) is 5.95. The van der Waals surface area contributed by atoms with Crippen molar-refractivity contribution >= 4 is 0 Å². The molecule has 0 spiro atoms. The fraction of sp³-hybridized carbons (Fsp3) is 0.643. The molecule has 0 bridgehead atoms. The fourth-order valence-corrected chi connectivity index (χ4v) is 2.81. The van der Waals surface area contributed by atoms with Crippen molar-refractivity contribution in [1.82, 2.24) is 30.1 Å². The number of nitrogens with one attached hydrogen (secondary N) is 1. The standard InChI is InChI=1S/C14H22N6O/c1-4-20-8-11(16-18-20)7-15-13-5-6-21-14(13)12-9-19(3)17-10(12)2/h8-9,13-15H,4-7H2,1-3H3/t13-,14+/m1/s1. The number of ether oxygens (including phenoxy) is 1. The Bertz CT molecular complexity index is 604. The summed E-state index contributed by atoms with van der Waals surface area (Å²) in [5, 5.41) is 16.2. The van der Waals surface area contributed by atoms with Gasteiger partial charge in [-0.05, 0) is 20.3 Å². The molecule has 3 heterocycles. The lowest BCUT2D eigenvalue weighted by Gasteiger charge is -2.19. The minimum absolute atomic E-state index is 0.0694. The first-order chi connectivity index (χ1) is 10.2. The number of hydrogen-bond acceptors (Lipinski definition) is 5. The van der Waals surface area contributed by atoms with E-state index in [9.17, 15) is 0 Å². The molecule has 0 unspecified atom stereocenters. The van der Waals surface area contributed by atoms with Crippen molar-refractivity contribution < 1.29 is 4.74 Å². The van der Waals surface area contributed by atoms with Gasteiger partial charge < -0.3 is 10.1 Å². The molecule has 2 atom stereocenters. The third-order valence-electron chi connectivity index (χ3n) is 3.91. The van der Waals surface area contributed by atoms with E-state index in [-0.39, 0.29) is 6.10 Å². The van der Waals surface area contributed by atoms with E-state index < -0.39 is 0 Å². The highest BCUT2D eigenvalue weighted by Gasteiger charge is 2.31. The summed E-state index contributed by atoms with van der Waals surface area (Å²) in [6.45, 7) is 6.41. The van der Waals surface area contributed by atoms with E-state index in [1.54, 1.807) is 0 Å². The van der Waals surface area contributed by atoms with E-state index >= 15 is 0 Å². The number of aryl methyl sites for hydroxylation is 3. The van der Waals surface area contributed by atoms with Crippen molar-refractivity contribution in [3.63, 3.8) is 0 Å². The Morgan fingerprint density at radius 3 is 2.95 bits per heavy atom. The van der Waals surface area contributed by atoms with Crippen molar-refractivity contribution in [2.24, 2.45) is 7.05 Å². The number of nitrogens with zero attached hydrogens (tertiary/aromatic N) is 5. The van der Waals surface area contributed by atoms with Crippen LogP contribution >= 0.6 is 0 Å². The zero-order chi connectivity index (χ0) is 14.8. The van der Waals surface area contributed by atoms with Gasteiger partial charge in [0.25, 0.3) is 0 Å². The van der Waals surface area contributed by atoms with Gasteiger partial charge in [0.1, 0.15) is 6.10 Å². The van der Waals surface area contributed by atoms with Crippen LogP contribution in [0.1, 0.15) is 36.4 Å². The summed E-state index contributed by atoms with van der Waals surface area (Å²) < 4.78 is 9.59. The summed E-state index contributed by atoms with van der Waals surface area (Å²) >= 11 is 0. The van der Waals surface area contributed by atoms with E-state index in [2.05, 4.69) is 27.7 Å². The normalized spacial score (nSPS) is 22.0. The van der Waals surface area contributed by atoms with Crippen LogP contribution in [0, 0.1) is 6.92 Å². The summed E-state index contributed by atoms with van der Waals surface area (Å²) in [6, 6.07) is 0.291. The van der Waals surface area contributed by atoms with Gasteiger partial charge in [-0.15, -0.1) is 5.10 Å². The first kappa shape index (κ1) is 14.2. The van der Waals surface area contributed by atoms with E-state index in [1.807, 2.05) is 35.7 Å². The predicted molar refractivity (Wildman–Crippen MR) is 77.6 cm³/mol. The Kier molecular flexibility index (Phi) is 4.03. The van der Waals surface area contributed by atoms with Crippen molar-refractivity contribution in [1.29, 1.82) is 0 Å². The zero-order valence-corrected chi connectivity index (χ0v) is 12.8. The number of rotatable bonds is 5. The van der Waals surface area contributed by atoms with Crippen LogP contribution in [0.25, 0.3) is 0 Å². The Morgan fingerprint density at radius 1 is 1.43 bits per heavy atom. The molecule has 0 aromatic carbocycles. The van der Waals surface area contributed by atoms with E-state index in [1.165, 1.54) is 5.56 Å². The van der Waals surface area contributed by atoms with E-state index in [4.69, 9.17) is 4.74 Å². The average Bonchev–Trinajstić information content (AvgIpc) is 3.16. The maximum atomic E-state index is 5.90. The molecule has 1 saturated heterocycles. The monoisotopic (exact) mass is 290 g/mol. The Balaban J connectivity index is 1.65. The molecule has 3 rings (SSSR count). The molecule has 0 saturated carbocycles. The van der Waals surface area contributed by atoms with Gasteiger partial charge in [-0.2, -0.15) is 5.10 Å². The molecule has 2 aromatic heterocycles. The van der Waals surface area contributed by atoms with Gasteiger partial charge in [0, 0.05) is 50.7 Å². The number of aromatic nitrogens is 5. The van der Waals surface area contributed by atoms with Gasteiger partial charge in [-0.1, -0.05) is 5.21 Å². The molecule has 1 aliphatic heterocycles. The van der Waals surface area contributed by atoms with Crippen LogP contribution in [0.2, 0.25) is 0 Å². The van der Waals surface area contributed by atoms with Crippen LogP contribution in [0.5, 0.6) is 0 Å². The third kappa shape index (κ3) is 2.98. The van der Waals surface area contributed by atoms with Crippen molar-refractivity contribution in [3.8, 4) is 0 Å². The molecule has 1 N–H and O–H groups in total. The van der Waals surface area contributed by atoms with Gasteiger partial charge in [0.2, 0.25) is 0 Å². The SMILES string of the molecule is CCn1cc(CN[C@@H]2CCO[C@H]2c2cn(C)nc2C)nn1. The lowest BCUT2D eigenvalue weighted by atomic mass is 10.0. The molecule has 0 radical (unpaired) electrons. The topological polar surface area (TPSA) is 69.8 Å². The zero-order valence-electron chi connectivity index (χ0n) is 12.8. The van der Waals surface area contributed by atoms with Gasteiger partial charge in [0.05, 0.1) is 11.4 Å². The molecular formula is C14H22N6O. The summed E-state index contributed by atoms with van der Waals surface area (Å²) in [5.74, 6) is 0. The highest BCUT2D eigenvalue weighted by atomic mass is 16.5. The van der Waals surface area contributed by atoms with Crippen LogP contribution in [0.3, 0.4) is 0 Å². The first-order valence-corrected chi connectivity index (χ1v) is 7.41. The molecule has 1 fully saturated rings.